The standard InChI is InChI=1S/C9H15N3OS/c1-3-4-11-8(13)7-5-14-9(12-7)6(2)10/h5-6H,3-4,10H2,1-2H3,(H,11,13). The van der Waals surface area contributed by atoms with E-state index in [1.54, 1.807) is 5.38 Å². The zero-order valence-corrected chi connectivity index (χ0v) is 9.23. The first-order valence-corrected chi connectivity index (χ1v) is 5.52. The van der Waals surface area contributed by atoms with Crippen molar-refractivity contribution in [3.63, 3.8) is 0 Å². The zero-order chi connectivity index (χ0) is 10.6. The van der Waals surface area contributed by atoms with E-state index in [2.05, 4.69) is 10.3 Å². The van der Waals surface area contributed by atoms with Gasteiger partial charge in [0.25, 0.3) is 5.91 Å². The monoisotopic (exact) mass is 213 g/mol. The van der Waals surface area contributed by atoms with Gasteiger partial charge in [-0.15, -0.1) is 11.3 Å². The van der Waals surface area contributed by atoms with Crippen LogP contribution in [0, 0.1) is 0 Å². The van der Waals surface area contributed by atoms with Crippen LogP contribution in [-0.2, 0) is 0 Å². The molecule has 1 aromatic heterocycles. The summed E-state index contributed by atoms with van der Waals surface area (Å²) in [6.07, 6.45) is 0.927. The molecule has 0 bridgehead atoms. The Bertz CT molecular complexity index is 309. The first-order chi connectivity index (χ1) is 6.65. The third-order valence-electron chi connectivity index (χ3n) is 1.68. The summed E-state index contributed by atoms with van der Waals surface area (Å²) in [5.41, 5.74) is 6.11. The van der Waals surface area contributed by atoms with Gasteiger partial charge in [-0.05, 0) is 13.3 Å². The molecule has 0 fully saturated rings. The average Bonchev–Trinajstić information content (AvgIpc) is 2.62. The summed E-state index contributed by atoms with van der Waals surface area (Å²) in [7, 11) is 0. The Hall–Kier alpha value is -0.940. The van der Waals surface area contributed by atoms with Gasteiger partial charge in [0.2, 0.25) is 0 Å². The van der Waals surface area contributed by atoms with E-state index in [-0.39, 0.29) is 11.9 Å². The highest BCUT2D eigenvalue weighted by molar-refractivity contribution is 7.09. The highest BCUT2D eigenvalue weighted by Crippen LogP contribution is 2.15. The summed E-state index contributed by atoms with van der Waals surface area (Å²) in [5, 5.41) is 5.30. The molecule has 3 N–H and O–H groups in total. The molecule has 0 saturated carbocycles. The van der Waals surface area contributed by atoms with E-state index in [1.807, 2.05) is 13.8 Å². The Morgan fingerprint density at radius 1 is 1.79 bits per heavy atom. The van der Waals surface area contributed by atoms with Crippen LogP contribution in [0.15, 0.2) is 5.38 Å². The fourth-order valence-corrected chi connectivity index (χ4v) is 1.69. The van der Waals surface area contributed by atoms with Gasteiger partial charge in [-0.1, -0.05) is 6.92 Å². The Labute approximate surface area is 87.5 Å². The average molecular weight is 213 g/mol. The normalized spacial score (nSPS) is 12.5. The number of hydrogen-bond acceptors (Lipinski definition) is 4. The summed E-state index contributed by atoms with van der Waals surface area (Å²) >= 11 is 1.42. The number of nitrogens with two attached hydrogens (primary N) is 1. The fourth-order valence-electron chi connectivity index (χ4n) is 0.930. The number of aromatic nitrogens is 1. The van der Waals surface area contributed by atoms with Crippen LogP contribution in [0.25, 0.3) is 0 Å². The summed E-state index contributed by atoms with van der Waals surface area (Å²) in [4.78, 5) is 15.6. The minimum absolute atomic E-state index is 0.104. The molecule has 78 valence electrons. The second kappa shape index (κ2) is 5.07. The molecule has 0 aromatic carbocycles. The molecule has 1 rings (SSSR count). The first-order valence-electron chi connectivity index (χ1n) is 4.64. The van der Waals surface area contributed by atoms with E-state index in [9.17, 15) is 4.79 Å². The summed E-state index contributed by atoms with van der Waals surface area (Å²) in [5.74, 6) is -0.116. The first kappa shape index (κ1) is 11.1. The smallest absolute Gasteiger partial charge is 0.270 e. The van der Waals surface area contributed by atoms with Crippen molar-refractivity contribution >= 4 is 17.2 Å². The molecule has 14 heavy (non-hydrogen) atoms. The lowest BCUT2D eigenvalue weighted by Gasteiger charge is -1.99. The lowest BCUT2D eigenvalue weighted by atomic mass is 10.4. The van der Waals surface area contributed by atoms with Crippen molar-refractivity contribution in [2.24, 2.45) is 5.73 Å². The SMILES string of the molecule is CCCNC(=O)c1csc(C(C)N)n1. The van der Waals surface area contributed by atoms with E-state index < -0.39 is 0 Å². The maximum Gasteiger partial charge on any atom is 0.270 e. The summed E-state index contributed by atoms with van der Waals surface area (Å²) in [6, 6.07) is -0.104. The number of rotatable bonds is 4. The quantitative estimate of drug-likeness (QED) is 0.792. The molecule has 0 radical (unpaired) electrons. The largest absolute Gasteiger partial charge is 0.351 e. The zero-order valence-electron chi connectivity index (χ0n) is 8.41. The van der Waals surface area contributed by atoms with E-state index in [4.69, 9.17) is 5.73 Å². The Balaban J connectivity index is 2.62. The number of thiazole rings is 1. The van der Waals surface area contributed by atoms with E-state index >= 15 is 0 Å². The molecule has 0 aliphatic heterocycles. The van der Waals surface area contributed by atoms with E-state index in [1.165, 1.54) is 11.3 Å². The molecular formula is C9H15N3OS. The number of amides is 1. The van der Waals surface area contributed by atoms with Crippen molar-refractivity contribution in [2.75, 3.05) is 6.54 Å². The van der Waals surface area contributed by atoms with Gasteiger partial charge >= 0.3 is 0 Å². The molecule has 0 aliphatic rings. The van der Waals surface area contributed by atoms with Gasteiger partial charge in [0.05, 0.1) is 6.04 Å². The van der Waals surface area contributed by atoms with Crippen LogP contribution in [0.5, 0.6) is 0 Å². The molecule has 0 saturated heterocycles. The number of hydrogen-bond donors (Lipinski definition) is 2. The van der Waals surface area contributed by atoms with E-state index in [0.29, 0.717) is 12.2 Å². The highest BCUT2D eigenvalue weighted by atomic mass is 32.1. The van der Waals surface area contributed by atoms with Crippen LogP contribution < -0.4 is 11.1 Å². The molecule has 1 amide bonds. The van der Waals surface area contributed by atoms with Crippen LogP contribution in [0.2, 0.25) is 0 Å². The predicted octanol–water partition coefficient (Wildman–Crippen LogP) is 1.30. The van der Waals surface area contributed by atoms with Crippen LogP contribution in [0.1, 0.15) is 41.8 Å². The molecule has 1 atom stereocenters. The molecule has 1 aromatic rings. The topological polar surface area (TPSA) is 68.0 Å². The van der Waals surface area contributed by atoms with Gasteiger partial charge in [0.15, 0.2) is 0 Å². The maximum absolute atomic E-state index is 11.4. The van der Waals surface area contributed by atoms with Crippen molar-refractivity contribution in [1.29, 1.82) is 0 Å². The molecule has 0 aliphatic carbocycles. The van der Waals surface area contributed by atoms with Gasteiger partial charge in [-0.2, -0.15) is 0 Å². The predicted molar refractivity (Wildman–Crippen MR) is 57.3 cm³/mol. The third-order valence-corrected chi connectivity index (χ3v) is 2.73. The van der Waals surface area contributed by atoms with Gasteiger partial charge in [-0.3, -0.25) is 4.79 Å². The molecule has 1 heterocycles. The lowest BCUT2D eigenvalue weighted by Crippen LogP contribution is -2.24. The third kappa shape index (κ3) is 2.78. The minimum atomic E-state index is -0.116. The Morgan fingerprint density at radius 3 is 3.00 bits per heavy atom. The van der Waals surface area contributed by atoms with Crippen LogP contribution in [0.4, 0.5) is 0 Å². The minimum Gasteiger partial charge on any atom is -0.351 e. The van der Waals surface area contributed by atoms with Crippen molar-refractivity contribution < 1.29 is 4.79 Å². The molecule has 4 nitrogen and oxygen atoms in total. The second-order valence-electron chi connectivity index (χ2n) is 3.12. The van der Waals surface area contributed by atoms with Crippen molar-refractivity contribution in [3.05, 3.63) is 16.1 Å². The fraction of sp³-hybridized carbons (Fsp3) is 0.556. The molecule has 5 heteroatoms. The van der Waals surface area contributed by atoms with Crippen LogP contribution >= 0.6 is 11.3 Å². The Kier molecular flexibility index (Phi) is 4.03. The van der Waals surface area contributed by atoms with Crippen molar-refractivity contribution in [2.45, 2.75) is 26.3 Å². The van der Waals surface area contributed by atoms with Crippen molar-refractivity contribution in [3.8, 4) is 0 Å². The summed E-state index contributed by atoms with van der Waals surface area (Å²) < 4.78 is 0. The van der Waals surface area contributed by atoms with Crippen molar-refractivity contribution in [1.82, 2.24) is 10.3 Å². The van der Waals surface area contributed by atoms with Crippen LogP contribution in [-0.4, -0.2) is 17.4 Å². The van der Waals surface area contributed by atoms with Gasteiger partial charge in [0, 0.05) is 11.9 Å². The Morgan fingerprint density at radius 2 is 2.50 bits per heavy atom. The second-order valence-corrected chi connectivity index (χ2v) is 4.01. The highest BCUT2D eigenvalue weighted by Gasteiger charge is 2.11. The van der Waals surface area contributed by atoms with Gasteiger partial charge < -0.3 is 11.1 Å². The number of nitrogens with one attached hydrogen (secondary N) is 1. The van der Waals surface area contributed by atoms with E-state index in [0.717, 1.165) is 11.4 Å². The lowest BCUT2D eigenvalue weighted by molar-refractivity contribution is 0.0949. The summed E-state index contributed by atoms with van der Waals surface area (Å²) in [6.45, 7) is 4.55. The molecule has 0 spiro atoms. The van der Waals surface area contributed by atoms with Gasteiger partial charge in [0.1, 0.15) is 10.7 Å². The maximum atomic E-state index is 11.4. The molecule has 1 unspecified atom stereocenters. The number of nitrogens with zero attached hydrogens (tertiary/aromatic N) is 1. The number of carbonyl (C=O) groups is 1. The van der Waals surface area contributed by atoms with Gasteiger partial charge in [-0.25, -0.2) is 4.98 Å². The van der Waals surface area contributed by atoms with Crippen LogP contribution in [0.3, 0.4) is 0 Å². The number of carbonyl (C=O) groups excluding carboxylic acids is 1. The molecular weight excluding hydrogens is 198 g/mol.